The number of rotatable bonds is 4. The number of carbonyl (C=O) groups excluding carboxylic acids is 1. The molecule has 0 spiro atoms. The summed E-state index contributed by atoms with van der Waals surface area (Å²) in [4.78, 5) is 16.7. The molecule has 0 saturated carbocycles. The first kappa shape index (κ1) is 17.5. The second kappa shape index (κ2) is 7.27. The molecule has 0 unspecified atom stereocenters. The van der Waals surface area contributed by atoms with Crippen molar-refractivity contribution >= 4 is 5.91 Å². The zero-order valence-electron chi connectivity index (χ0n) is 15.3. The molecule has 1 amide bonds. The zero-order chi connectivity index (χ0) is 18.0. The predicted octanol–water partition coefficient (Wildman–Crippen LogP) is 2.65. The van der Waals surface area contributed by atoms with Crippen LogP contribution in [0.25, 0.3) is 0 Å². The first-order valence-corrected chi connectivity index (χ1v) is 8.59. The van der Waals surface area contributed by atoms with Crippen molar-refractivity contribution < 1.29 is 14.1 Å². The number of likely N-dealkylation sites (N-methyl/N-ethyl adjacent to an activating group) is 1. The van der Waals surface area contributed by atoms with Gasteiger partial charge in [-0.1, -0.05) is 17.3 Å². The van der Waals surface area contributed by atoms with Crippen molar-refractivity contribution in [3.63, 3.8) is 0 Å². The third kappa shape index (κ3) is 4.02. The predicted molar refractivity (Wildman–Crippen MR) is 94.7 cm³/mol. The molecule has 1 aromatic carbocycles. The van der Waals surface area contributed by atoms with Crippen LogP contribution in [0.1, 0.15) is 34.3 Å². The summed E-state index contributed by atoms with van der Waals surface area (Å²) in [5, 5.41) is 3.93. The van der Waals surface area contributed by atoms with E-state index in [9.17, 15) is 4.79 Å². The minimum Gasteiger partial charge on any atom is -0.485 e. The first-order valence-electron chi connectivity index (χ1n) is 8.59. The third-order valence-corrected chi connectivity index (χ3v) is 4.74. The Morgan fingerprint density at radius 1 is 1.32 bits per heavy atom. The Labute approximate surface area is 148 Å². The highest BCUT2D eigenvalue weighted by molar-refractivity contribution is 5.92. The molecule has 1 aromatic heterocycles. The van der Waals surface area contributed by atoms with Crippen molar-refractivity contribution in [1.29, 1.82) is 0 Å². The van der Waals surface area contributed by atoms with E-state index < -0.39 is 0 Å². The Kier molecular flexibility index (Phi) is 5.08. The van der Waals surface area contributed by atoms with Gasteiger partial charge in [0.05, 0.1) is 0 Å². The minimum absolute atomic E-state index is 0.0818. The monoisotopic (exact) mass is 343 g/mol. The summed E-state index contributed by atoms with van der Waals surface area (Å²) in [6.45, 7) is 8.67. The number of aryl methyl sites for hydroxylation is 2. The maximum absolute atomic E-state index is 12.6. The van der Waals surface area contributed by atoms with Gasteiger partial charge in [0.15, 0.2) is 11.5 Å². The smallest absolute Gasteiger partial charge is 0.276 e. The van der Waals surface area contributed by atoms with Gasteiger partial charge < -0.3 is 19.1 Å². The van der Waals surface area contributed by atoms with E-state index in [1.165, 1.54) is 0 Å². The average Bonchev–Trinajstić information content (AvgIpc) is 3.06. The fourth-order valence-corrected chi connectivity index (χ4v) is 2.89. The second-order valence-corrected chi connectivity index (χ2v) is 6.82. The molecule has 1 fully saturated rings. The molecule has 0 radical (unpaired) electrons. The summed E-state index contributed by atoms with van der Waals surface area (Å²) < 4.78 is 11.1. The number of benzene rings is 1. The molecule has 2 heterocycles. The van der Waals surface area contributed by atoms with Crippen LogP contribution >= 0.6 is 0 Å². The molecule has 1 aliphatic heterocycles. The molecular formula is C19H25N3O3. The lowest BCUT2D eigenvalue weighted by molar-refractivity contribution is 0.0562. The van der Waals surface area contributed by atoms with Crippen LogP contribution in [0.3, 0.4) is 0 Å². The van der Waals surface area contributed by atoms with E-state index >= 15 is 0 Å². The molecule has 25 heavy (non-hydrogen) atoms. The molecular weight excluding hydrogens is 318 g/mol. The van der Waals surface area contributed by atoms with Crippen LogP contribution in [0.15, 0.2) is 28.8 Å². The summed E-state index contributed by atoms with van der Waals surface area (Å²) in [6.07, 6.45) is 0. The number of hydrogen-bond donors (Lipinski definition) is 0. The van der Waals surface area contributed by atoms with Crippen molar-refractivity contribution in [2.45, 2.75) is 33.4 Å². The fourth-order valence-electron chi connectivity index (χ4n) is 2.89. The number of ether oxygens (including phenoxy) is 1. The topological polar surface area (TPSA) is 58.8 Å². The minimum atomic E-state index is -0.0818. The highest BCUT2D eigenvalue weighted by Crippen LogP contribution is 2.21. The van der Waals surface area contributed by atoms with E-state index in [0.29, 0.717) is 30.6 Å². The van der Waals surface area contributed by atoms with Crippen molar-refractivity contribution in [3.05, 3.63) is 46.8 Å². The van der Waals surface area contributed by atoms with Crippen molar-refractivity contribution in [2.75, 3.05) is 26.7 Å². The number of aromatic nitrogens is 1. The molecule has 3 rings (SSSR count). The summed E-state index contributed by atoms with van der Waals surface area (Å²) in [5.41, 5.74) is 2.54. The molecule has 1 atom stereocenters. The maximum atomic E-state index is 12.6. The van der Waals surface area contributed by atoms with Crippen LogP contribution in [-0.2, 0) is 6.61 Å². The molecule has 6 nitrogen and oxygen atoms in total. The van der Waals surface area contributed by atoms with Gasteiger partial charge in [0.25, 0.3) is 5.91 Å². The molecule has 0 N–H and O–H groups in total. The number of carbonyl (C=O) groups is 1. The summed E-state index contributed by atoms with van der Waals surface area (Å²) in [7, 11) is 2.07. The van der Waals surface area contributed by atoms with E-state index in [2.05, 4.69) is 24.0 Å². The molecule has 1 saturated heterocycles. The largest absolute Gasteiger partial charge is 0.485 e. The van der Waals surface area contributed by atoms with Crippen LogP contribution in [0.2, 0.25) is 0 Å². The molecule has 134 valence electrons. The first-order chi connectivity index (χ1) is 11.9. The van der Waals surface area contributed by atoms with Gasteiger partial charge in [-0.2, -0.15) is 0 Å². The van der Waals surface area contributed by atoms with Gasteiger partial charge in [0, 0.05) is 31.7 Å². The highest BCUT2D eigenvalue weighted by Gasteiger charge is 2.27. The standard InChI is InChI=1S/C19H25N3O3/c1-13-5-6-14(2)18(9-13)24-12-16-10-17(20-25-16)19(23)22-8-7-21(4)15(3)11-22/h5-6,9-10,15H,7-8,11-12H2,1-4H3/t15-/m1/s1. The molecule has 0 bridgehead atoms. The zero-order valence-corrected chi connectivity index (χ0v) is 15.3. The Morgan fingerprint density at radius 3 is 2.88 bits per heavy atom. The number of amides is 1. The van der Waals surface area contributed by atoms with E-state index in [0.717, 1.165) is 23.4 Å². The average molecular weight is 343 g/mol. The van der Waals surface area contributed by atoms with Crippen molar-refractivity contribution in [1.82, 2.24) is 15.0 Å². The summed E-state index contributed by atoms with van der Waals surface area (Å²) in [5.74, 6) is 1.28. The molecule has 1 aliphatic rings. The van der Waals surface area contributed by atoms with Crippen LogP contribution in [-0.4, -0.2) is 53.6 Å². The van der Waals surface area contributed by atoms with Crippen LogP contribution in [0, 0.1) is 13.8 Å². The Morgan fingerprint density at radius 2 is 2.12 bits per heavy atom. The molecule has 2 aromatic rings. The SMILES string of the molecule is Cc1ccc(C)c(OCc2cc(C(=O)N3CCN(C)[C@H](C)C3)no2)c1. The Hall–Kier alpha value is -2.34. The summed E-state index contributed by atoms with van der Waals surface area (Å²) >= 11 is 0. The van der Waals surface area contributed by atoms with Gasteiger partial charge in [-0.3, -0.25) is 4.79 Å². The highest BCUT2D eigenvalue weighted by atomic mass is 16.5. The number of piperazine rings is 1. The van der Waals surface area contributed by atoms with Crippen molar-refractivity contribution in [3.8, 4) is 5.75 Å². The van der Waals surface area contributed by atoms with E-state index in [1.54, 1.807) is 6.07 Å². The Balaban J connectivity index is 1.62. The van der Waals surface area contributed by atoms with Gasteiger partial charge in [0.1, 0.15) is 12.4 Å². The molecule has 6 heteroatoms. The lowest BCUT2D eigenvalue weighted by Gasteiger charge is -2.37. The fraction of sp³-hybridized carbons (Fsp3) is 0.474. The van der Waals surface area contributed by atoms with Gasteiger partial charge in [0.2, 0.25) is 0 Å². The third-order valence-electron chi connectivity index (χ3n) is 4.74. The van der Waals surface area contributed by atoms with Gasteiger partial charge in [-0.15, -0.1) is 0 Å². The lowest BCUT2D eigenvalue weighted by atomic mass is 10.1. The van der Waals surface area contributed by atoms with Gasteiger partial charge in [-0.25, -0.2) is 0 Å². The number of hydrogen-bond acceptors (Lipinski definition) is 5. The normalized spacial score (nSPS) is 18.4. The Bertz CT molecular complexity index is 756. The van der Waals surface area contributed by atoms with E-state index in [4.69, 9.17) is 9.26 Å². The van der Waals surface area contributed by atoms with Crippen molar-refractivity contribution in [2.24, 2.45) is 0 Å². The van der Waals surface area contributed by atoms with Crippen LogP contribution in [0.5, 0.6) is 5.75 Å². The van der Waals surface area contributed by atoms with Crippen LogP contribution < -0.4 is 4.74 Å². The molecule has 0 aliphatic carbocycles. The van der Waals surface area contributed by atoms with Gasteiger partial charge in [-0.05, 0) is 45.0 Å². The van der Waals surface area contributed by atoms with Crippen LogP contribution in [0.4, 0.5) is 0 Å². The van der Waals surface area contributed by atoms with Gasteiger partial charge >= 0.3 is 0 Å². The van der Waals surface area contributed by atoms with E-state index in [1.807, 2.05) is 36.9 Å². The summed E-state index contributed by atoms with van der Waals surface area (Å²) in [6, 6.07) is 8.08. The maximum Gasteiger partial charge on any atom is 0.276 e. The second-order valence-electron chi connectivity index (χ2n) is 6.82. The van der Waals surface area contributed by atoms with E-state index in [-0.39, 0.29) is 12.5 Å². The quantitative estimate of drug-likeness (QED) is 0.854. The lowest BCUT2D eigenvalue weighted by Crippen LogP contribution is -2.52. The number of nitrogens with zero attached hydrogens (tertiary/aromatic N) is 3.